The molecule has 1 aromatic carbocycles. The molecule has 2 unspecified atom stereocenters. The summed E-state index contributed by atoms with van der Waals surface area (Å²) in [5.74, 6) is 0.671. The van der Waals surface area contributed by atoms with Crippen molar-refractivity contribution in [2.45, 2.75) is 26.0 Å². The third kappa shape index (κ3) is 5.28. The van der Waals surface area contributed by atoms with Crippen molar-refractivity contribution in [3.63, 3.8) is 0 Å². The number of benzene rings is 1. The summed E-state index contributed by atoms with van der Waals surface area (Å²) in [6.07, 6.45) is -0.618. The van der Waals surface area contributed by atoms with Crippen LogP contribution in [-0.4, -0.2) is 37.3 Å². The van der Waals surface area contributed by atoms with E-state index in [0.29, 0.717) is 13.1 Å². The number of carbonyl (C=O) groups is 1. The summed E-state index contributed by atoms with van der Waals surface area (Å²) in [5.41, 5.74) is 0.805. The molecule has 0 aliphatic rings. The Kier molecular flexibility index (Phi) is 6.32. The van der Waals surface area contributed by atoms with Crippen LogP contribution in [-0.2, 0) is 4.79 Å². The largest absolute Gasteiger partial charge is 0.497 e. The highest BCUT2D eigenvalue weighted by Crippen LogP contribution is 2.21. The van der Waals surface area contributed by atoms with Crippen molar-refractivity contribution in [2.24, 2.45) is 0 Å². The number of methoxy groups -OCH3 is 1. The molecule has 0 aromatic heterocycles. The Morgan fingerprint density at radius 2 is 2.16 bits per heavy atom. The Morgan fingerprint density at radius 1 is 1.42 bits per heavy atom. The van der Waals surface area contributed by atoms with Crippen molar-refractivity contribution in [2.75, 3.05) is 20.2 Å². The van der Waals surface area contributed by atoms with E-state index in [2.05, 4.69) is 10.6 Å². The van der Waals surface area contributed by atoms with Crippen LogP contribution >= 0.6 is 0 Å². The standard InChI is InChI=1S/C14H22N2O3/c1-10(15-7-8-16-11(2)17)14(18)12-5-4-6-13(9-12)19-3/h4-6,9-10,14-15,18H,7-8H2,1-3H3,(H,16,17). The maximum atomic E-state index is 10.7. The normalized spacial score (nSPS) is 13.7. The fraction of sp³-hybridized carbons (Fsp3) is 0.500. The van der Waals surface area contributed by atoms with Gasteiger partial charge in [-0.1, -0.05) is 12.1 Å². The Morgan fingerprint density at radius 3 is 2.79 bits per heavy atom. The lowest BCUT2D eigenvalue weighted by molar-refractivity contribution is -0.118. The lowest BCUT2D eigenvalue weighted by atomic mass is 10.0. The van der Waals surface area contributed by atoms with Gasteiger partial charge in [0, 0.05) is 26.1 Å². The van der Waals surface area contributed by atoms with Crippen molar-refractivity contribution in [3.05, 3.63) is 29.8 Å². The van der Waals surface area contributed by atoms with E-state index >= 15 is 0 Å². The zero-order chi connectivity index (χ0) is 14.3. The Labute approximate surface area is 114 Å². The molecule has 0 fully saturated rings. The monoisotopic (exact) mass is 266 g/mol. The summed E-state index contributed by atoms with van der Waals surface area (Å²) in [5, 5.41) is 16.1. The van der Waals surface area contributed by atoms with E-state index in [1.54, 1.807) is 7.11 Å². The molecular formula is C14H22N2O3. The first-order valence-corrected chi connectivity index (χ1v) is 6.34. The Hall–Kier alpha value is -1.59. The molecule has 0 heterocycles. The average molecular weight is 266 g/mol. The van der Waals surface area contributed by atoms with Gasteiger partial charge >= 0.3 is 0 Å². The third-order valence-electron chi connectivity index (χ3n) is 2.87. The summed E-state index contributed by atoms with van der Waals surface area (Å²) in [7, 11) is 1.60. The van der Waals surface area contributed by atoms with Crippen molar-refractivity contribution in [1.29, 1.82) is 0 Å². The molecular weight excluding hydrogens is 244 g/mol. The predicted molar refractivity (Wildman–Crippen MR) is 74.1 cm³/mol. The van der Waals surface area contributed by atoms with E-state index in [-0.39, 0.29) is 11.9 Å². The van der Waals surface area contributed by atoms with Gasteiger partial charge in [0.05, 0.1) is 13.2 Å². The molecule has 0 saturated heterocycles. The first-order chi connectivity index (χ1) is 9.04. The number of aliphatic hydroxyl groups excluding tert-OH is 1. The molecule has 0 aliphatic carbocycles. The van der Waals surface area contributed by atoms with Gasteiger partial charge in [-0.2, -0.15) is 0 Å². The molecule has 0 spiro atoms. The maximum Gasteiger partial charge on any atom is 0.216 e. The van der Waals surface area contributed by atoms with Gasteiger partial charge in [-0.05, 0) is 24.6 Å². The zero-order valence-corrected chi connectivity index (χ0v) is 11.6. The number of carbonyl (C=O) groups excluding carboxylic acids is 1. The minimum atomic E-state index is -0.618. The highest BCUT2D eigenvalue weighted by molar-refractivity contribution is 5.72. The Bertz CT molecular complexity index is 409. The molecule has 1 aromatic rings. The molecule has 19 heavy (non-hydrogen) atoms. The predicted octanol–water partition coefficient (Wildman–Crippen LogP) is 0.843. The Balaban J connectivity index is 2.46. The molecule has 1 rings (SSSR count). The van der Waals surface area contributed by atoms with Crippen LogP contribution in [0.4, 0.5) is 0 Å². The van der Waals surface area contributed by atoms with Gasteiger partial charge in [0.25, 0.3) is 0 Å². The number of rotatable bonds is 7. The molecule has 0 bridgehead atoms. The second-order valence-electron chi connectivity index (χ2n) is 4.45. The van der Waals surface area contributed by atoms with E-state index in [9.17, 15) is 9.90 Å². The van der Waals surface area contributed by atoms with Crippen LogP contribution < -0.4 is 15.4 Å². The van der Waals surface area contributed by atoms with Crippen LogP contribution in [0.25, 0.3) is 0 Å². The lowest BCUT2D eigenvalue weighted by Gasteiger charge is -2.21. The fourth-order valence-electron chi connectivity index (χ4n) is 1.76. The van der Waals surface area contributed by atoms with Gasteiger partial charge in [0.1, 0.15) is 5.75 Å². The zero-order valence-electron chi connectivity index (χ0n) is 11.6. The van der Waals surface area contributed by atoms with Crippen molar-refractivity contribution in [1.82, 2.24) is 10.6 Å². The molecule has 0 radical (unpaired) electrons. The lowest BCUT2D eigenvalue weighted by Crippen LogP contribution is -2.38. The van der Waals surface area contributed by atoms with Crippen LogP contribution in [0.3, 0.4) is 0 Å². The number of amides is 1. The van der Waals surface area contributed by atoms with Crippen molar-refractivity contribution >= 4 is 5.91 Å². The van der Waals surface area contributed by atoms with Crippen LogP contribution in [0.1, 0.15) is 25.5 Å². The number of hydrogen-bond donors (Lipinski definition) is 3. The SMILES string of the molecule is COc1cccc(C(O)C(C)NCCNC(C)=O)c1. The van der Waals surface area contributed by atoms with Crippen LogP contribution in [0.5, 0.6) is 5.75 Å². The number of ether oxygens (including phenoxy) is 1. The smallest absolute Gasteiger partial charge is 0.216 e. The number of hydrogen-bond acceptors (Lipinski definition) is 4. The molecule has 0 saturated carbocycles. The van der Waals surface area contributed by atoms with Gasteiger partial charge in [0.15, 0.2) is 0 Å². The van der Waals surface area contributed by atoms with Crippen LogP contribution in [0, 0.1) is 0 Å². The minimum Gasteiger partial charge on any atom is -0.497 e. The van der Waals surface area contributed by atoms with E-state index in [1.807, 2.05) is 31.2 Å². The van der Waals surface area contributed by atoms with Gasteiger partial charge in [0.2, 0.25) is 5.91 Å². The number of nitrogens with one attached hydrogen (secondary N) is 2. The second-order valence-corrected chi connectivity index (χ2v) is 4.45. The molecule has 106 valence electrons. The molecule has 3 N–H and O–H groups in total. The minimum absolute atomic E-state index is 0.0530. The van der Waals surface area contributed by atoms with E-state index in [0.717, 1.165) is 11.3 Å². The summed E-state index contributed by atoms with van der Waals surface area (Å²) in [6.45, 7) is 4.54. The molecule has 5 nitrogen and oxygen atoms in total. The van der Waals surface area contributed by atoms with Crippen LogP contribution in [0.15, 0.2) is 24.3 Å². The average Bonchev–Trinajstić information content (AvgIpc) is 2.42. The summed E-state index contributed by atoms with van der Waals surface area (Å²) < 4.78 is 5.13. The highest BCUT2D eigenvalue weighted by atomic mass is 16.5. The highest BCUT2D eigenvalue weighted by Gasteiger charge is 2.16. The quantitative estimate of drug-likeness (QED) is 0.640. The van der Waals surface area contributed by atoms with Crippen molar-refractivity contribution < 1.29 is 14.6 Å². The molecule has 2 atom stereocenters. The van der Waals surface area contributed by atoms with Crippen LogP contribution in [0.2, 0.25) is 0 Å². The number of aliphatic hydroxyl groups is 1. The van der Waals surface area contributed by atoms with E-state index < -0.39 is 6.10 Å². The first kappa shape index (κ1) is 15.5. The van der Waals surface area contributed by atoms with Crippen molar-refractivity contribution in [3.8, 4) is 5.75 Å². The summed E-state index contributed by atoms with van der Waals surface area (Å²) >= 11 is 0. The second kappa shape index (κ2) is 7.76. The fourth-order valence-corrected chi connectivity index (χ4v) is 1.76. The molecule has 0 aliphatic heterocycles. The van der Waals surface area contributed by atoms with E-state index in [4.69, 9.17) is 4.74 Å². The summed E-state index contributed by atoms with van der Waals surface area (Å²) in [4.78, 5) is 10.7. The molecule has 1 amide bonds. The maximum absolute atomic E-state index is 10.7. The van der Waals surface area contributed by atoms with E-state index in [1.165, 1.54) is 6.92 Å². The van der Waals surface area contributed by atoms with Gasteiger partial charge in [-0.3, -0.25) is 4.79 Å². The summed E-state index contributed by atoms with van der Waals surface area (Å²) in [6, 6.07) is 7.25. The third-order valence-corrected chi connectivity index (χ3v) is 2.87. The first-order valence-electron chi connectivity index (χ1n) is 6.34. The molecule has 5 heteroatoms. The topological polar surface area (TPSA) is 70.6 Å². The van der Waals surface area contributed by atoms with Gasteiger partial charge < -0.3 is 20.5 Å². The van der Waals surface area contributed by atoms with Gasteiger partial charge in [-0.25, -0.2) is 0 Å². The van der Waals surface area contributed by atoms with Gasteiger partial charge in [-0.15, -0.1) is 0 Å².